The monoisotopic (exact) mass is 346 g/mol. The number of anilines is 1. The van der Waals surface area contributed by atoms with Crippen LogP contribution in [-0.4, -0.2) is 37.7 Å². The number of fused-ring (bicyclic) bond motifs is 2. The highest BCUT2D eigenvalue weighted by atomic mass is 15.3. The lowest BCUT2D eigenvalue weighted by Crippen LogP contribution is -2.36. The van der Waals surface area contributed by atoms with E-state index in [0.29, 0.717) is 5.92 Å². The number of H-pyrrole nitrogens is 1. The molecule has 0 spiro atoms. The van der Waals surface area contributed by atoms with Crippen molar-refractivity contribution in [1.29, 1.82) is 0 Å². The molecule has 4 aromatic rings. The Morgan fingerprint density at radius 1 is 1.15 bits per heavy atom. The molecule has 0 unspecified atom stereocenters. The van der Waals surface area contributed by atoms with Crippen molar-refractivity contribution in [2.75, 3.05) is 18.0 Å². The van der Waals surface area contributed by atoms with Crippen LogP contribution in [0, 0.1) is 13.8 Å². The average molecular weight is 346 g/mol. The van der Waals surface area contributed by atoms with Gasteiger partial charge >= 0.3 is 0 Å². The van der Waals surface area contributed by atoms with Gasteiger partial charge in [-0.25, -0.2) is 9.97 Å². The van der Waals surface area contributed by atoms with E-state index in [1.165, 1.54) is 5.56 Å². The third-order valence-corrected chi connectivity index (χ3v) is 5.33. The number of benzene rings is 1. The standard InChI is InChI=1S/C20H22N6/c1-13-5-3-7-16-19(13)24-20(23-16)15-6-4-10-25(12-15)18-11-14(2)22-17-8-9-21-26(17)18/h3,5,7-9,11,15H,4,6,10,12H2,1-2H3,(H,23,24)/t15-/m1/s1. The van der Waals surface area contributed by atoms with Gasteiger partial charge in [-0.3, -0.25) is 0 Å². The second kappa shape index (κ2) is 5.83. The van der Waals surface area contributed by atoms with E-state index >= 15 is 0 Å². The molecular weight excluding hydrogens is 324 g/mol. The van der Waals surface area contributed by atoms with Gasteiger partial charge < -0.3 is 9.88 Å². The van der Waals surface area contributed by atoms with E-state index in [2.05, 4.69) is 51.2 Å². The predicted octanol–water partition coefficient (Wildman–Crippen LogP) is 3.61. The second-order valence-electron chi connectivity index (χ2n) is 7.24. The molecule has 6 nitrogen and oxygen atoms in total. The fourth-order valence-electron chi connectivity index (χ4n) is 4.04. The van der Waals surface area contributed by atoms with Crippen LogP contribution in [0.2, 0.25) is 0 Å². The van der Waals surface area contributed by atoms with Crippen LogP contribution in [0.15, 0.2) is 36.5 Å². The van der Waals surface area contributed by atoms with Gasteiger partial charge in [0, 0.05) is 36.8 Å². The van der Waals surface area contributed by atoms with Gasteiger partial charge in [0.05, 0.1) is 17.2 Å². The highest BCUT2D eigenvalue weighted by molar-refractivity contribution is 5.78. The molecule has 4 heterocycles. The molecule has 1 aliphatic rings. The SMILES string of the molecule is Cc1cc(N2CCC[C@@H](c3nc4c(C)cccc4[nH]3)C2)n2nccc2n1. The Balaban J connectivity index is 1.51. The predicted molar refractivity (Wildman–Crippen MR) is 103 cm³/mol. The summed E-state index contributed by atoms with van der Waals surface area (Å²) in [6, 6.07) is 10.4. The lowest BCUT2D eigenvalue weighted by Gasteiger charge is -2.33. The number of aromatic amines is 1. The molecule has 1 aliphatic heterocycles. The van der Waals surface area contributed by atoms with E-state index < -0.39 is 0 Å². The summed E-state index contributed by atoms with van der Waals surface area (Å²) in [5.41, 5.74) is 5.37. The van der Waals surface area contributed by atoms with Gasteiger partial charge in [0.1, 0.15) is 11.6 Å². The second-order valence-corrected chi connectivity index (χ2v) is 7.24. The number of aromatic nitrogens is 5. The maximum atomic E-state index is 4.92. The van der Waals surface area contributed by atoms with E-state index in [4.69, 9.17) is 4.98 Å². The summed E-state index contributed by atoms with van der Waals surface area (Å²) < 4.78 is 1.94. The van der Waals surface area contributed by atoms with Crippen LogP contribution in [0.1, 0.15) is 35.8 Å². The summed E-state index contributed by atoms with van der Waals surface area (Å²) in [6.07, 6.45) is 4.11. The summed E-state index contributed by atoms with van der Waals surface area (Å²) in [7, 11) is 0. The van der Waals surface area contributed by atoms with Crippen molar-refractivity contribution in [3.63, 3.8) is 0 Å². The first-order valence-corrected chi connectivity index (χ1v) is 9.20. The molecule has 1 N–H and O–H groups in total. The van der Waals surface area contributed by atoms with E-state index in [1.54, 1.807) is 0 Å². The lowest BCUT2D eigenvalue weighted by atomic mass is 9.97. The fraction of sp³-hybridized carbons (Fsp3) is 0.350. The molecule has 0 saturated carbocycles. The Labute approximate surface area is 151 Å². The summed E-state index contributed by atoms with van der Waals surface area (Å²) in [4.78, 5) is 15.4. The number of nitrogens with zero attached hydrogens (tertiary/aromatic N) is 5. The van der Waals surface area contributed by atoms with Crippen LogP contribution >= 0.6 is 0 Å². The summed E-state index contributed by atoms with van der Waals surface area (Å²) in [6.45, 7) is 6.14. The van der Waals surface area contributed by atoms with Gasteiger partial charge in [-0.1, -0.05) is 12.1 Å². The van der Waals surface area contributed by atoms with Gasteiger partial charge in [0.25, 0.3) is 0 Å². The molecule has 0 radical (unpaired) electrons. The minimum Gasteiger partial charge on any atom is -0.356 e. The van der Waals surface area contributed by atoms with Crippen LogP contribution < -0.4 is 4.90 Å². The van der Waals surface area contributed by atoms with Crippen molar-refractivity contribution in [2.24, 2.45) is 0 Å². The summed E-state index contributed by atoms with van der Waals surface area (Å²) in [5.74, 6) is 2.62. The van der Waals surface area contributed by atoms with Crippen molar-refractivity contribution in [2.45, 2.75) is 32.6 Å². The van der Waals surface area contributed by atoms with Crippen LogP contribution in [0.4, 0.5) is 5.82 Å². The van der Waals surface area contributed by atoms with Gasteiger partial charge in [-0.2, -0.15) is 9.61 Å². The van der Waals surface area contributed by atoms with Gasteiger partial charge in [-0.05, 0) is 38.3 Å². The maximum Gasteiger partial charge on any atom is 0.157 e. The number of rotatable bonds is 2. The topological polar surface area (TPSA) is 62.1 Å². The number of aryl methyl sites for hydroxylation is 2. The van der Waals surface area contributed by atoms with Gasteiger partial charge in [0.15, 0.2) is 5.65 Å². The Hall–Kier alpha value is -2.89. The number of hydrogen-bond donors (Lipinski definition) is 1. The Kier molecular flexibility index (Phi) is 3.45. The van der Waals surface area contributed by atoms with Crippen molar-refractivity contribution in [3.05, 3.63) is 53.6 Å². The van der Waals surface area contributed by atoms with E-state index in [-0.39, 0.29) is 0 Å². The Morgan fingerprint density at radius 2 is 2.08 bits per heavy atom. The third-order valence-electron chi connectivity index (χ3n) is 5.33. The number of piperidine rings is 1. The van der Waals surface area contributed by atoms with Crippen LogP contribution in [-0.2, 0) is 0 Å². The fourth-order valence-corrected chi connectivity index (χ4v) is 4.04. The Morgan fingerprint density at radius 3 is 2.96 bits per heavy atom. The number of nitrogens with one attached hydrogen (secondary N) is 1. The first-order chi connectivity index (χ1) is 12.7. The largest absolute Gasteiger partial charge is 0.356 e. The van der Waals surface area contributed by atoms with E-state index in [1.807, 2.05) is 23.7 Å². The minimum absolute atomic E-state index is 0.398. The zero-order valence-electron chi connectivity index (χ0n) is 15.1. The van der Waals surface area contributed by atoms with Crippen molar-refractivity contribution in [3.8, 4) is 0 Å². The molecule has 6 heteroatoms. The van der Waals surface area contributed by atoms with Crippen molar-refractivity contribution < 1.29 is 0 Å². The number of imidazole rings is 1. The van der Waals surface area contributed by atoms with Gasteiger partial charge in [0.2, 0.25) is 0 Å². The third kappa shape index (κ3) is 2.44. The molecule has 0 bridgehead atoms. The molecule has 5 rings (SSSR count). The number of para-hydroxylation sites is 1. The number of hydrogen-bond acceptors (Lipinski definition) is 4. The first-order valence-electron chi connectivity index (χ1n) is 9.20. The van der Waals surface area contributed by atoms with Crippen molar-refractivity contribution >= 4 is 22.5 Å². The quantitative estimate of drug-likeness (QED) is 0.602. The van der Waals surface area contributed by atoms with E-state index in [0.717, 1.165) is 59.9 Å². The normalized spacial score (nSPS) is 18.1. The van der Waals surface area contributed by atoms with Crippen molar-refractivity contribution in [1.82, 2.24) is 24.6 Å². The molecule has 1 atom stereocenters. The molecule has 1 fully saturated rings. The summed E-state index contributed by atoms with van der Waals surface area (Å²) >= 11 is 0. The first kappa shape index (κ1) is 15.4. The molecular formula is C20H22N6. The molecule has 1 aromatic carbocycles. The van der Waals surface area contributed by atoms with Crippen LogP contribution in [0.25, 0.3) is 16.7 Å². The lowest BCUT2D eigenvalue weighted by molar-refractivity contribution is 0.489. The summed E-state index contributed by atoms with van der Waals surface area (Å²) in [5, 5.41) is 4.47. The molecule has 1 saturated heterocycles. The highest BCUT2D eigenvalue weighted by Crippen LogP contribution is 2.30. The van der Waals surface area contributed by atoms with E-state index in [9.17, 15) is 0 Å². The van der Waals surface area contributed by atoms with Crippen LogP contribution in [0.5, 0.6) is 0 Å². The minimum atomic E-state index is 0.398. The smallest absolute Gasteiger partial charge is 0.157 e. The molecule has 132 valence electrons. The van der Waals surface area contributed by atoms with Crippen LogP contribution in [0.3, 0.4) is 0 Å². The maximum absolute atomic E-state index is 4.92. The molecule has 3 aromatic heterocycles. The molecule has 0 aliphatic carbocycles. The zero-order chi connectivity index (χ0) is 17.7. The highest BCUT2D eigenvalue weighted by Gasteiger charge is 2.26. The zero-order valence-corrected chi connectivity index (χ0v) is 15.1. The molecule has 26 heavy (non-hydrogen) atoms. The van der Waals surface area contributed by atoms with Gasteiger partial charge in [-0.15, -0.1) is 0 Å². The molecule has 0 amide bonds. The average Bonchev–Trinajstić information content (AvgIpc) is 3.28. The Bertz CT molecular complexity index is 1090.